The molecule has 0 aliphatic carbocycles. The molecule has 3 aromatic rings. The highest BCUT2D eigenvalue weighted by molar-refractivity contribution is 9.10. The van der Waals surface area contributed by atoms with Gasteiger partial charge in [0, 0.05) is 23.3 Å². The number of rotatable bonds is 5. The third kappa shape index (κ3) is 3.36. The number of anilines is 3. The number of H-pyrrole nitrogens is 1. The lowest BCUT2D eigenvalue weighted by atomic mass is 10.2. The fourth-order valence-corrected chi connectivity index (χ4v) is 4.84. The molecule has 0 saturated carbocycles. The molecule has 1 aliphatic rings. The summed E-state index contributed by atoms with van der Waals surface area (Å²) in [5.74, 6) is 0.602. The second-order valence-corrected chi connectivity index (χ2v) is 9.52. The molecule has 0 bridgehead atoms. The van der Waals surface area contributed by atoms with Crippen molar-refractivity contribution in [1.82, 2.24) is 19.7 Å². The van der Waals surface area contributed by atoms with Gasteiger partial charge in [0.05, 0.1) is 21.7 Å². The van der Waals surface area contributed by atoms with E-state index in [1.54, 1.807) is 18.3 Å². The van der Waals surface area contributed by atoms with E-state index in [2.05, 4.69) is 52.7 Å². The van der Waals surface area contributed by atoms with Crippen LogP contribution in [0.5, 0.6) is 0 Å². The first-order valence-corrected chi connectivity index (χ1v) is 11.3. The summed E-state index contributed by atoms with van der Waals surface area (Å²) in [7, 11) is -2.16. The first-order valence-electron chi connectivity index (χ1n) is 8.99. The van der Waals surface area contributed by atoms with Crippen molar-refractivity contribution >= 4 is 54.2 Å². The van der Waals surface area contributed by atoms with Gasteiger partial charge >= 0.3 is 0 Å². The van der Waals surface area contributed by atoms with E-state index in [9.17, 15) is 8.42 Å². The van der Waals surface area contributed by atoms with Crippen LogP contribution in [0.1, 0.15) is 19.8 Å². The van der Waals surface area contributed by atoms with Crippen LogP contribution in [0.25, 0.3) is 11.0 Å². The number of nitrogens with zero attached hydrogens (tertiary/aromatic N) is 3. The topological polar surface area (TPSA) is 103 Å². The second-order valence-electron chi connectivity index (χ2n) is 6.78. The minimum Gasteiger partial charge on any atom is -0.367 e. The molecule has 3 N–H and O–H groups in total. The highest BCUT2D eigenvalue weighted by atomic mass is 79.9. The number of nitrogens with one attached hydrogen (secondary N) is 3. The Morgan fingerprint density at radius 1 is 1.32 bits per heavy atom. The zero-order valence-corrected chi connectivity index (χ0v) is 17.9. The molecule has 0 unspecified atom stereocenters. The fourth-order valence-electron chi connectivity index (χ4n) is 3.59. The normalized spacial score (nSPS) is 17.4. The van der Waals surface area contributed by atoms with E-state index in [1.165, 1.54) is 13.4 Å². The molecule has 1 aromatic carbocycles. The van der Waals surface area contributed by atoms with Gasteiger partial charge in [-0.2, -0.15) is 0 Å². The van der Waals surface area contributed by atoms with Crippen LogP contribution in [0.3, 0.4) is 0 Å². The monoisotopic (exact) mass is 464 g/mol. The highest BCUT2D eigenvalue weighted by Crippen LogP contribution is 2.37. The molecule has 3 heterocycles. The zero-order valence-electron chi connectivity index (χ0n) is 15.5. The molecule has 4 rings (SSSR count). The number of halogens is 1. The summed E-state index contributed by atoms with van der Waals surface area (Å²) in [5.41, 5.74) is 2.34. The number of hydrogen-bond acceptors (Lipinski definition) is 6. The van der Waals surface area contributed by atoms with E-state index in [0.717, 1.165) is 34.9 Å². The molecule has 28 heavy (non-hydrogen) atoms. The minimum atomic E-state index is -3.56. The quantitative estimate of drug-likeness (QED) is 0.534. The predicted molar refractivity (Wildman–Crippen MR) is 114 cm³/mol. The van der Waals surface area contributed by atoms with Crippen LogP contribution >= 0.6 is 15.9 Å². The SMILES string of the molecule is CNS(=O)(=O)c1ccc(N2CCC[C@@H]2C)c(Nc2ncnc3[nH]cc(Br)c23)c1. The van der Waals surface area contributed by atoms with E-state index in [4.69, 9.17) is 0 Å². The first-order chi connectivity index (χ1) is 13.4. The molecule has 1 aliphatic heterocycles. The van der Waals surface area contributed by atoms with E-state index in [0.29, 0.717) is 23.2 Å². The number of benzene rings is 1. The smallest absolute Gasteiger partial charge is 0.240 e. The summed E-state index contributed by atoms with van der Waals surface area (Å²) >= 11 is 3.52. The van der Waals surface area contributed by atoms with Crippen molar-refractivity contribution in [3.05, 3.63) is 35.2 Å². The van der Waals surface area contributed by atoms with E-state index >= 15 is 0 Å². The Labute approximate surface area is 171 Å². The summed E-state index contributed by atoms with van der Waals surface area (Å²) in [5, 5.41) is 4.15. The maximum absolute atomic E-state index is 12.3. The number of sulfonamides is 1. The van der Waals surface area contributed by atoms with Crippen molar-refractivity contribution in [3.8, 4) is 0 Å². The molecular weight excluding hydrogens is 444 g/mol. The standard InChI is InChI=1S/C18H21BrN6O2S/c1-11-4-3-7-25(11)15-6-5-12(28(26,27)20-2)8-14(15)24-18-16-13(19)9-21-17(16)22-10-23-18/h5-6,8-11,20H,3-4,7H2,1-2H3,(H2,21,22,23,24)/t11-/m0/s1. The molecule has 8 nitrogen and oxygen atoms in total. The Kier molecular flexibility index (Phi) is 5.02. The van der Waals surface area contributed by atoms with Crippen LogP contribution in [0.4, 0.5) is 17.2 Å². The van der Waals surface area contributed by atoms with Gasteiger partial charge in [-0.05, 0) is 60.9 Å². The average molecular weight is 465 g/mol. The van der Waals surface area contributed by atoms with Gasteiger partial charge in [0.2, 0.25) is 10.0 Å². The molecule has 148 valence electrons. The van der Waals surface area contributed by atoms with Crippen LogP contribution in [-0.4, -0.2) is 43.0 Å². The lowest BCUT2D eigenvalue weighted by Gasteiger charge is -2.27. The Morgan fingerprint density at radius 2 is 2.14 bits per heavy atom. The molecule has 1 atom stereocenters. The van der Waals surface area contributed by atoms with Crippen LogP contribution in [0.15, 0.2) is 40.1 Å². The van der Waals surface area contributed by atoms with Crippen molar-refractivity contribution in [1.29, 1.82) is 0 Å². The maximum Gasteiger partial charge on any atom is 0.240 e. The lowest BCUT2D eigenvalue weighted by Crippen LogP contribution is -2.27. The minimum absolute atomic E-state index is 0.200. The largest absolute Gasteiger partial charge is 0.367 e. The molecule has 0 radical (unpaired) electrons. The molecule has 0 spiro atoms. The molecule has 0 amide bonds. The van der Waals surface area contributed by atoms with Gasteiger partial charge in [-0.3, -0.25) is 0 Å². The Hall–Kier alpha value is -2.17. The number of aromatic nitrogens is 3. The first kappa shape index (κ1) is 19.2. The van der Waals surface area contributed by atoms with Crippen LogP contribution in [0.2, 0.25) is 0 Å². The number of hydrogen-bond donors (Lipinski definition) is 3. The van der Waals surface area contributed by atoms with Gasteiger partial charge in [-0.15, -0.1) is 0 Å². The molecule has 1 fully saturated rings. The van der Waals surface area contributed by atoms with Crippen molar-refractivity contribution in [3.63, 3.8) is 0 Å². The summed E-state index contributed by atoms with van der Waals surface area (Å²) in [4.78, 5) is 14.2. The van der Waals surface area contributed by atoms with Gasteiger partial charge in [-0.1, -0.05) is 0 Å². The Balaban J connectivity index is 1.85. The van der Waals surface area contributed by atoms with Gasteiger partial charge in [0.25, 0.3) is 0 Å². The fraction of sp³-hybridized carbons (Fsp3) is 0.333. The number of fused-ring (bicyclic) bond motifs is 1. The molecular formula is C18H21BrN6O2S. The third-order valence-corrected chi connectivity index (χ3v) is 7.12. The summed E-state index contributed by atoms with van der Waals surface area (Å²) in [6, 6.07) is 5.54. The van der Waals surface area contributed by atoms with E-state index in [1.807, 2.05) is 6.07 Å². The van der Waals surface area contributed by atoms with Gasteiger partial charge in [0.15, 0.2) is 0 Å². The third-order valence-electron chi connectivity index (χ3n) is 5.08. The molecule has 2 aromatic heterocycles. The second kappa shape index (κ2) is 7.34. The van der Waals surface area contributed by atoms with E-state index in [-0.39, 0.29) is 4.90 Å². The van der Waals surface area contributed by atoms with Crippen molar-refractivity contribution in [2.24, 2.45) is 0 Å². The average Bonchev–Trinajstić information content (AvgIpc) is 3.28. The number of aromatic amines is 1. The van der Waals surface area contributed by atoms with Crippen LogP contribution in [-0.2, 0) is 10.0 Å². The van der Waals surface area contributed by atoms with Gasteiger partial charge in [-0.25, -0.2) is 23.1 Å². The van der Waals surface area contributed by atoms with Crippen LogP contribution in [0, 0.1) is 0 Å². The Morgan fingerprint density at radius 3 is 2.86 bits per heavy atom. The van der Waals surface area contributed by atoms with Crippen molar-refractivity contribution in [2.45, 2.75) is 30.7 Å². The highest BCUT2D eigenvalue weighted by Gasteiger charge is 2.25. The van der Waals surface area contributed by atoms with Crippen molar-refractivity contribution in [2.75, 3.05) is 23.8 Å². The van der Waals surface area contributed by atoms with Crippen molar-refractivity contribution < 1.29 is 8.42 Å². The molecule has 10 heteroatoms. The molecule has 1 saturated heterocycles. The van der Waals surface area contributed by atoms with Gasteiger partial charge in [0.1, 0.15) is 17.8 Å². The summed E-state index contributed by atoms with van der Waals surface area (Å²) in [6.45, 7) is 3.11. The zero-order chi connectivity index (χ0) is 19.9. The van der Waals surface area contributed by atoms with Crippen LogP contribution < -0.4 is 14.9 Å². The van der Waals surface area contributed by atoms with Gasteiger partial charge < -0.3 is 15.2 Å². The summed E-state index contributed by atoms with van der Waals surface area (Å²) < 4.78 is 27.9. The predicted octanol–water partition coefficient (Wildman–Crippen LogP) is 3.36. The van der Waals surface area contributed by atoms with E-state index < -0.39 is 10.0 Å². The Bertz CT molecular complexity index is 1130. The maximum atomic E-state index is 12.3. The lowest BCUT2D eigenvalue weighted by molar-refractivity contribution is 0.588. The summed E-state index contributed by atoms with van der Waals surface area (Å²) in [6.07, 6.45) is 5.49.